The number of nitrogens with zero attached hydrogens (tertiary/aromatic N) is 1. The van der Waals surface area contributed by atoms with Crippen LogP contribution in [0.3, 0.4) is 0 Å². The Kier molecular flexibility index (Phi) is 6.84. The number of benzene rings is 1. The van der Waals surface area contributed by atoms with E-state index < -0.39 is 16.0 Å². The Balaban J connectivity index is 2.20. The molecule has 144 valence electrons. The molecule has 0 saturated heterocycles. The predicted molar refractivity (Wildman–Crippen MR) is 101 cm³/mol. The molecule has 2 aromatic rings. The molecule has 0 atom stereocenters. The van der Waals surface area contributed by atoms with E-state index in [0.29, 0.717) is 23.7 Å². The van der Waals surface area contributed by atoms with Gasteiger partial charge >= 0.3 is 5.97 Å². The second kappa shape index (κ2) is 9.09. The third-order valence-electron chi connectivity index (χ3n) is 3.54. The van der Waals surface area contributed by atoms with E-state index in [-0.39, 0.29) is 4.90 Å². The van der Waals surface area contributed by atoms with Gasteiger partial charge in [0.15, 0.2) is 11.5 Å². The Labute approximate surface area is 158 Å². The minimum absolute atomic E-state index is 0.0773. The molecular weight excluding hydrogens is 370 g/mol. The highest BCUT2D eigenvalue weighted by Gasteiger charge is 2.19. The van der Waals surface area contributed by atoms with Gasteiger partial charge in [-0.05, 0) is 30.7 Å². The Hall–Kier alpha value is -3.00. The normalized spacial score (nSPS) is 11.8. The predicted octanol–water partition coefficient (Wildman–Crippen LogP) is 2.87. The molecule has 1 aromatic carbocycles. The molecule has 0 unspecified atom stereocenters. The maximum atomic E-state index is 12.8. The third kappa shape index (κ3) is 5.01. The number of carbonyl (C=O) groups excluding carboxylic acids is 1. The van der Waals surface area contributed by atoms with Crippen LogP contribution in [-0.4, -0.2) is 39.2 Å². The van der Waals surface area contributed by atoms with Crippen molar-refractivity contribution in [3.8, 4) is 11.5 Å². The zero-order valence-corrected chi connectivity index (χ0v) is 16.1. The molecule has 1 heterocycles. The minimum Gasteiger partial charge on any atom is -0.493 e. The van der Waals surface area contributed by atoms with Gasteiger partial charge in [0, 0.05) is 24.5 Å². The zero-order chi connectivity index (χ0) is 19.9. The lowest BCUT2D eigenvalue weighted by Crippen LogP contribution is -2.11. The maximum absolute atomic E-state index is 12.8. The van der Waals surface area contributed by atoms with Crippen LogP contribution in [0.2, 0.25) is 0 Å². The Morgan fingerprint density at radius 1 is 1.11 bits per heavy atom. The van der Waals surface area contributed by atoms with Gasteiger partial charge in [0.2, 0.25) is 0 Å². The molecule has 27 heavy (non-hydrogen) atoms. The van der Waals surface area contributed by atoms with E-state index in [2.05, 4.69) is 0 Å². The minimum atomic E-state index is -3.77. The number of carbonyl (C=O) groups is 1. The van der Waals surface area contributed by atoms with Crippen molar-refractivity contribution in [2.75, 3.05) is 20.8 Å². The Morgan fingerprint density at radius 3 is 2.52 bits per heavy atom. The van der Waals surface area contributed by atoms with Gasteiger partial charge in [-0.25, -0.2) is 17.2 Å². The second-order valence-electron chi connectivity index (χ2n) is 5.27. The largest absolute Gasteiger partial charge is 0.493 e. The number of hydrogen-bond donors (Lipinski definition) is 0. The summed E-state index contributed by atoms with van der Waals surface area (Å²) in [7, 11) is -0.852. The smallest absolute Gasteiger partial charge is 0.330 e. The zero-order valence-electron chi connectivity index (χ0n) is 15.3. The SMILES string of the molecule is CCOC(=O)/C=C/C=C/c1ccn(S(=O)(=O)c2ccc(OC)c(OC)c2)c1. The quantitative estimate of drug-likeness (QED) is 0.391. The maximum Gasteiger partial charge on any atom is 0.330 e. The molecule has 0 aliphatic heterocycles. The average molecular weight is 391 g/mol. The van der Waals surface area contributed by atoms with Gasteiger partial charge < -0.3 is 14.2 Å². The van der Waals surface area contributed by atoms with Crippen molar-refractivity contribution in [2.24, 2.45) is 0 Å². The Bertz CT molecular complexity index is 956. The molecule has 0 N–H and O–H groups in total. The van der Waals surface area contributed by atoms with Crippen LogP contribution in [0.15, 0.2) is 59.8 Å². The van der Waals surface area contributed by atoms with E-state index in [0.717, 1.165) is 3.97 Å². The molecule has 0 fully saturated rings. The average Bonchev–Trinajstić information content (AvgIpc) is 3.14. The highest BCUT2D eigenvalue weighted by molar-refractivity contribution is 7.90. The topological polar surface area (TPSA) is 83.8 Å². The molecule has 8 heteroatoms. The summed E-state index contributed by atoms with van der Waals surface area (Å²) in [6, 6.07) is 6.04. The lowest BCUT2D eigenvalue weighted by atomic mass is 10.3. The van der Waals surface area contributed by atoms with Gasteiger partial charge in [-0.15, -0.1) is 0 Å². The molecule has 7 nitrogen and oxygen atoms in total. The van der Waals surface area contributed by atoms with Crippen LogP contribution in [0.25, 0.3) is 6.08 Å². The summed E-state index contributed by atoms with van der Waals surface area (Å²) in [6.45, 7) is 2.03. The summed E-state index contributed by atoms with van der Waals surface area (Å²) < 4.78 is 41.7. The van der Waals surface area contributed by atoms with Gasteiger partial charge in [0.25, 0.3) is 10.0 Å². The molecule has 0 saturated carbocycles. The van der Waals surface area contributed by atoms with E-state index >= 15 is 0 Å². The van der Waals surface area contributed by atoms with E-state index in [1.807, 2.05) is 0 Å². The third-order valence-corrected chi connectivity index (χ3v) is 5.17. The second-order valence-corrected chi connectivity index (χ2v) is 7.11. The van der Waals surface area contributed by atoms with Crippen LogP contribution in [0.5, 0.6) is 11.5 Å². The lowest BCUT2D eigenvalue weighted by molar-refractivity contribution is -0.137. The van der Waals surface area contributed by atoms with Crippen LogP contribution in [0.4, 0.5) is 0 Å². The van der Waals surface area contributed by atoms with Crippen molar-refractivity contribution in [1.82, 2.24) is 3.97 Å². The number of esters is 1. The number of rotatable bonds is 8. The summed E-state index contributed by atoms with van der Waals surface area (Å²) in [5, 5.41) is 0. The van der Waals surface area contributed by atoms with Crippen LogP contribution in [0.1, 0.15) is 12.5 Å². The van der Waals surface area contributed by atoms with E-state index in [1.165, 1.54) is 57.0 Å². The fourth-order valence-electron chi connectivity index (χ4n) is 2.23. The molecule has 0 amide bonds. The molecule has 0 spiro atoms. The number of ether oxygens (including phenoxy) is 3. The van der Waals surface area contributed by atoms with Crippen molar-refractivity contribution in [3.63, 3.8) is 0 Å². The van der Waals surface area contributed by atoms with Crippen molar-refractivity contribution < 1.29 is 27.4 Å². The van der Waals surface area contributed by atoms with Crippen molar-refractivity contribution in [1.29, 1.82) is 0 Å². The molecule has 0 aliphatic rings. The van der Waals surface area contributed by atoms with Gasteiger partial charge in [0.1, 0.15) is 0 Å². The summed E-state index contributed by atoms with van der Waals surface area (Å²) in [5.74, 6) is 0.340. The van der Waals surface area contributed by atoms with Gasteiger partial charge in [0.05, 0.1) is 25.7 Å². The van der Waals surface area contributed by atoms with Gasteiger partial charge in [-0.3, -0.25) is 0 Å². The van der Waals surface area contributed by atoms with Crippen molar-refractivity contribution in [2.45, 2.75) is 11.8 Å². The molecular formula is C19H21NO6S. The number of allylic oxidation sites excluding steroid dienone is 2. The van der Waals surface area contributed by atoms with Crippen LogP contribution in [-0.2, 0) is 19.6 Å². The number of methoxy groups -OCH3 is 2. The van der Waals surface area contributed by atoms with Crippen LogP contribution < -0.4 is 9.47 Å². The Morgan fingerprint density at radius 2 is 1.85 bits per heavy atom. The summed E-state index contributed by atoms with van der Waals surface area (Å²) in [5.41, 5.74) is 0.660. The summed E-state index contributed by atoms with van der Waals surface area (Å²) in [4.78, 5) is 11.3. The standard InChI is InChI=1S/C19H21NO6S/c1-4-26-19(21)8-6-5-7-15-11-12-20(14-15)27(22,23)16-9-10-17(24-2)18(13-16)25-3/h5-14H,4H2,1-3H3/b7-5+,8-6+. The van der Waals surface area contributed by atoms with E-state index in [4.69, 9.17) is 14.2 Å². The first kappa shape index (κ1) is 20.3. The fourth-order valence-corrected chi connectivity index (χ4v) is 3.45. The summed E-state index contributed by atoms with van der Waals surface area (Å²) in [6.07, 6.45) is 9.03. The first-order valence-electron chi connectivity index (χ1n) is 8.09. The number of hydrogen-bond acceptors (Lipinski definition) is 6. The van der Waals surface area contributed by atoms with Crippen LogP contribution >= 0.6 is 0 Å². The monoisotopic (exact) mass is 391 g/mol. The fraction of sp³-hybridized carbons (Fsp3) is 0.211. The first-order valence-corrected chi connectivity index (χ1v) is 9.53. The van der Waals surface area contributed by atoms with Crippen LogP contribution in [0, 0.1) is 0 Å². The highest BCUT2D eigenvalue weighted by Crippen LogP contribution is 2.30. The molecule has 0 radical (unpaired) electrons. The highest BCUT2D eigenvalue weighted by atomic mass is 32.2. The van der Waals surface area contributed by atoms with Gasteiger partial charge in [-0.1, -0.05) is 18.2 Å². The van der Waals surface area contributed by atoms with E-state index in [1.54, 1.807) is 25.1 Å². The van der Waals surface area contributed by atoms with Crippen molar-refractivity contribution in [3.05, 3.63) is 60.5 Å². The van der Waals surface area contributed by atoms with Gasteiger partial charge in [-0.2, -0.15) is 0 Å². The number of aromatic nitrogens is 1. The molecule has 0 aliphatic carbocycles. The summed E-state index contributed by atoms with van der Waals surface area (Å²) >= 11 is 0. The van der Waals surface area contributed by atoms with E-state index in [9.17, 15) is 13.2 Å². The lowest BCUT2D eigenvalue weighted by Gasteiger charge is -2.10. The molecule has 1 aromatic heterocycles. The van der Waals surface area contributed by atoms with Crippen molar-refractivity contribution >= 4 is 22.1 Å². The molecule has 2 rings (SSSR count). The molecule has 0 bridgehead atoms. The first-order chi connectivity index (χ1) is 12.9.